The first-order valence-electron chi connectivity index (χ1n) is 8.47. The van der Waals surface area contributed by atoms with Crippen molar-refractivity contribution in [2.75, 3.05) is 26.4 Å². The van der Waals surface area contributed by atoms with Crippen LogP contribution in [0, 0.1) is 0 Å². The fourth-order valence-electron chi connectivity index (χ4n) is 2.29. The first-order chi connectivity index (χ1) is 12.6. The van der Waals surface area contributed by atoms with Gasteiger partial charge in [0.05, 0.1) is 12.6 Å². The van der Waals surface area contributed by atoms with E-state index in [1.165, 1.54) is 6.92 Å². The fourth-order valence-corrected chi connectivity index (χ4v) is 2.63. The van der Waals surface area contributed by atoms with Crippen molar-refractivity contribution in [2.24, 2.45) is 0 Å². The molecule has 1 rings (SSSR count). The van der Waals surface area contributed by atoms with Crippen LogP contribution in [0.1, 0.15) is 11.0 Å². The van der Waals surface area contributed by atoms with Crippen LogP contribution in [0.3, 0.4) is 0 Å². The maximum atomic E-state index is 11.4. The van der Waals surface area contributed by atoms with E-state index in [1.54, 1.807) is 0 Å². The highest BCUT2D eigenvalue weighted by Gasteiger charge is 2.47. The first-order valence-corrected chi connectivity index (χ1v) is 7.41. The third-order valence-corrected chi connectivity index (χ3v) is 3.49. The largest absolute Gasteiger partial charge is 0.371 e. The molecule has 5 atom stereocenters. The summed E-state index contributed by atoms with van der Waals surface area (Å²) < 4.78 is 42.0. The van der Waals surface area contributed by atoms with Crippen molar-refractivity contribution < 1.29 is 42.2 Å². The van der Waals surface area contributed by atoms with Crippen LogP contribution in [0.25, 0.3) is 0 Å². The number of carbonyl (C=O) groups is 4. The van der Waals surface area contributed by atoms with Crippen LogP contribution in [0.5, 0.6) is 0 Å². The molecular formula is C14H20ClNO8. The van der Waals surface area contributed by atoms with Crippen molar-refractivity contribution in [1.82, 2.24) is 5.32 Å². The van der Waals surface area contributed by atoms with Gasteiger partial charge in [-0.05, 0) is 0 Å². The lowest BCUT2D eigenvalue weighted by molar-refractivity contribution is -0.207. The molecule has 0 spiro atoms. The summed E-state index contributed by atoms with van der Waals surface area (Å²) in [5.41, 5.74) is -1.15. The average molecular weight is 369 g/mol. The lowest BCUT2D eigenvalue weighted by Gasteiger charge is -2.44. The molecule has 1 fully saturated rings. The lowest BCUT2D eigenvalue weighted by atomic mass is 9.97. The number of ether oxygens (including phenoxy) is 4. The maximum absolute atomic E-state index is 11.4. The zero-order valence-electron chi connectivity index (χ0n) is 15.9. The van der Waals surface area contributed by atoms with Gasteiger partial charge in [0.2, 0.25) is 5.91 Å². The summed E-state index contributed by atoms with van der Waals surface area (Å²) >= 11 is 6.13. The molecule has 0 radical (unpaired) electrons. The minimum atomic E-state index is -1.15. The Labute approximate surface area is 148 Å². The molecule has 1 saturated heterocycles. The summed E-state index contributed by atoms with van der Waals surface area (Å²) in [7, 11) is 0. The predicted octanol–water partition coefficient (Wildman–Crippen LogP) is -1.16. The van der Waals surface area contributed by atoms with Gasteiger partial charge in [0.15, 0.2) is 5.56 Å². The summed E-state index contributed by atoms with van der Waals surface area (Å²) in [6.45, 7) is -0.863. The van der Waals surface area contributed by atoms with E-state index in [0.29, 0.717) is 0 Å². The van der Waals surface area contributed by atoms with Crippen LogP contribution in [0.4, 0.5) is 0 Å². The Balaban J connectivity index is 3.03. The smallest absolute Gasteiger partial charge is 0.217 e. The van der Waals surface area contributed by atoms with E-state index in [-0.39, 0.29) is 6.61 Å². The van der Waals surface area contributed by atoms with Gasteiger partial charge in [0, 0.05) is 6.92 Å². The van der Waals surface area contributed by atoms with Gasteiger partial charge in [0.1, 0.15) is 61.0 Å². The van der Waals surface area contributed by atoms with Crippen LogP contribution in [-0.2, 0) is 38.1 Å². The molecule has 24 heavy (non-hydrogen) atoms. The Morgan fingerprint density at radius 1 is 1.17 bits per heavy atom. The zero-order valence-corrected chi connectivity index (χ0v) is 13.6. The molecule has 9 nitrogen and oxygen atoms in total. The number of carbonyl (C=O) groups excluding carboxylic acids is 4. The predicted molar refractivity (Wildman–Crippen MR) is 80.6 cm³/mol. The lowest BCUT2D eigenvalue weighted by Crippen LogP contribution is -2.64. The molecule has 10 heteroatoms. The van der Waals surface area contributed by atoms with Crippen LogP contribution in [-0.4, -0.2) is 81.0 Å². The van der Waals surface area contributed by atoms with Crippen molar-refractivity contribution >= 4 is 36.3 Å². The molecule has 0 bridgehead atoms. The van der Waals surface area contributed by atoms with E-state index >= 15 is 0 Å². The number of amides is 1. The standard InChI is InChI=1S/C14H20ClNO8/c1-9(20)16-11-13(23-7-4-19)12(22-6-3-18)10(24-14(11)15)8-21-5-2-17/h2-4,10-14H,5-8H2,1H3,(H,16,20)/t10-,11-,12-,13-,14?/m1/s1/i2D,3D,4D. The zero-order chi connectivity index (χ0) is 20.6. The molecule has 0 aromatic carbocycles. The van der Waals surface area contributed by atoms with Gasteiger partial charge in [-0.2, -0.15) is 0 Å². The second kappa shape index (κ2) is 11.2. The van der Waals surface area contributed by atoms with Gasteiger partial charge in [-0.3, -0.25) is 4.79 Å². The number of hydrogen-bond acceptors (Lipinski definition) is 8. The second-order valence-corrected chi connectivity index (χ2v) is 5.18. The van der Waals surface area contributed by atoms with E-state index in [4.69, 9.17) is 34.7 Å². The Hall–Kier alpha value is -1.39. The molecule has 0 aliphatic carbocycles. The van der Waals surface area contributed by atoms with Crippen LogP contribution in [0.15, 0.2) is 0 Å². The number of alkyl halides is 1. The van der Waals surface area contributed by atoms with Crippen molar-refractivity contribution in [2.45, 2.75) is 36.8 Å². The van der Waals surface area contributed by atoms with Crippen molar-refractivity contribution in [3.05, 3.63) is 0 Å². The molecule has 0 aromatic heterocycles. The Morgan fingerprint density at radius 2 is 1.75 bits per heavy atom. The van der Waals surface area contributed by atoms with Gasteiger partial charge < -0.3 is 38.6 Å². The Bertz CT molecular complexity index is 566. The third-order valence-electron chi connectivity index (χ3n) is 3.11. The molecule has 1 aliphatic heterocycles. The Morgan fingerprint density at radius 3 is 2.29 bits per heavy atom. The van der Waals surface area contributed by atoms with E-state index in [9.17, 15) is 19.2 Å². The number of aldehydes is 3. The summed E-state index contributed by atoms with van der Waals surface area (Å²) in [5, 5.41) is 2.49. The molecule has 1 aliphatic rings. The summed E-state index contributed by atoms with van der Waals surface area (Å²) in [6.07, 6.45) is -6.30. The van der Waals surface area contributed by atoms with Crippen molar-refractivity contribution in [1.29, 1.82) is 0 Å². The SMILES string of the molecule is [2H]C(=O)COC[C@H]1OC(Cl)[C@H](NC(C)=O)[C@@H](OCC([2H])=O)[C@@H]1OCC([2H])=O. The second-order valence-electron chi connectivity index (χ2n) is 4.75. The number of hydrogen-bond donors (Lipinski definition) is 1. The average Bonchev–Trinajstić information content (AvgIpc) is 2.53. The first kappa shape index (κ1) is 16.1. The highest BCUT2D eigenvalue weighted by atomic mass is 35.5. The molecule has 1 amide bonds. The minimum Gasteiger partial charge on any atom is -0.371 e. The number of halogens is 1. The van der Waals surface area contributed by atoms with E-state index in [2.05, 4.69) is 5.32 Å². The molecule has 1 heterocycles. The minimum absolute atomic E-state index is 0.272. The molecule has 1 unspecified atom stereocenters. The Kier molecular flexibility index (Phi) is 7.52. The number of nitrogens with one attached hydrogen (secondary N) is 1. The normalized spacial score (nSPS) is 31.4. The fraction of sp³-hybridized carbons (Fsp3) is 0.714. The highest BCUT2D eigenvalue weighted by Crippen LogP contribution is 2.28. The molecule has 0 aromatic rings. The summed E-state index contributed by atoms with van der Waals surface area (Å²) in [4.78, 5) is 44.1. The maximum Gasteiger partial charge on any atom is 0.217 e. The van der Waals surface area contributed by atoms with Gasteiger partial charge >= 0.3 is 0 Å². The van der Waals surface area contributed by atoms with Crippen molar-refractivity contribution in [3.63, 3.8) is 0 Å². The molecular weight excluding hydrogens is 346 g/mol. The van der Waals surface area contributed by atoms with Gasteiger partial charge in [0.25, 0.3) is 0 Å². The monoisotopic (exact) mass is 368 g/mol. The molecule has 136 valence electrons. The van der Waals surface area contributed by atoms with E-state index in [0.717, 1.165) is 0 Å². The van der Waals surface area contributed by atoms with E-state index < -0.39 is 74.4 Å². The van der Waals surface area contributed by atoms with Gasteiger partial charge in [-0.25, -0.2) is 0 Å². The summed E-state index contributed by atoms with van der Waals surface area (Å²) in [6, 6.07) is -0.997. The third kappa shape index (κ3) is 6.25. The van der Waals surface area contributed by atoms with Crippen LogP contribution in [0.2, 0.25) is 0 Å². The molecule has 1 N–H and O–H groups in total. The quantitative estimate of drug-likeness (QED) is 0.358. The van der Waals surface area contributed by atoms with Gasteiger partial charge in [-0.15, -0.1) is 0 Å². The van der Waals surface area contributed by atoms with Crippen LogP contribution >= 0.6 is 11.6 Å². The highest BCUT2D eigenvalue weighted by molar-refractivity contribution is 6.20. The van der Waals surface area contributed by atoms with Crippen LogP contribution < -0.4 is 5.32 Å². The molecule has 0 saturated carbocycles. The summed E-state index contributed by atoms with van der Waals surface area (Å²) in [5.74, 6) is -0.482. The van der Waals surface area contributed by atoms with Gasteiger partial charge in [-0.1, -0.05) is 11.6 Å². The van der Waals surface area contributed by atoms with Crippen molar-refractivity contribution in [3.8, 4) is 0 Å². The van der Waals surface area contributed by atoms with E-state index in [1.807, 2.05) is 0 Å². The number of rotatable bonds is 11. The topological polar surface area (TPSA) is 117 Å².